The van der Waals surface area contributed by atoms with Crippen LogP contribution in [0.5, 0.6) is 0 Å². The molecule has 0 rings (SSSR count). The average Bonchev–Trinajstić information content (AvgIpc) is 3.64. The largest absolute Gasteiger partial charge is 0.472 e. The van der Waals surface area contributed by atoms with Gasteiger partial charge in [-0.15, -0.1) is 0 Å². The van der Waals surface area contributed by atoms with E-state index < -0.39 is 20.0 Å². The molecule has 3 unspecified atom stereocenters. The summed E-state index contributed by atoms with van der Waals surface area (Å²) < 4.78 is 30.8. The van der Waals surface area contributed by atoms with Crippen LogP contribution in [-0.2, 0) is 27.9 Å². The Morgan fingerprint density at radius 2 is 0.726 bits per heavy atom. The fourth-order valence-electron chi connectivity index (χ4n) is 10.3. The highest BCUT2D eigenvalue weighted by Gasteiger charge is 2.30. The number of quaternary nitrogens is 1. The Morgan fingerprint density at radius 3 is 1.11 bits per heavy atom. The van der Waals surface area contributed by atoms with Crippen LogP contribution in [0.2, 0.25) is 0 Å². The summed E-state index contributed by atoms with van der Waals surface area (Å²) in [7, 11) is 1.49. The topological polar surface area (TPSA) is 111 Å². The predicted molar refractivity (Wildman–Crippen MR) is 365 cm³/mol. The zero-order chi connectivity index (χ0) is 61.4. The fourth-order valence-corrected chi connectivity index (χ4v) is 11.1. The number of rotatable bonds is 65. The Balaban J connectivity index is 5.03. The summed E-state index contributed by atoms with van der Waals surface area (Å²) in [5.41, 5.74) is 0. The van der Waals surface area contributed by atoms with Gasteiger partial charge in [-0.25, -0.2) is 4.57 Å². The van der Waals surface area contributed by atoms with Crippen molar-refractivity contribution in [2.24, 2.45) is 0 Å². The normalized spacial score (nSPS) is 13.9. The first-order chi connectivity index (χ1) is 40.9. The third-order valence-electron chi connectivity index (χ3n) is 15.9. The lowest BCUT2D eigenvalue weighted by molar-refractivity contribution is -0.870. The second kappa shape index (κ2) is 63.5. The Kier molecular flexibility index (Phi) is 61.5. The summed E-state index contributed by atoms with van der Waals surface area (Å²) in [6.07, 6.45) is 83.4. The molecule has 490 valence electrons. The first kappa shape index (κ1) is 81.5. The molecule has 0 radical (unpaired) electrons. The first-order valence-corrected chi connectivity index (χ1v) is 37.3. The number of nitrogens with one attached hydrogen (secondary N) is 1. The molecule has 0 aliphatic heterocycles. The lowest BCUT2D eigenvalue weighted by Gasteiger charge is -2.27. The zero-order valence-corrected chi connectivity index (χ0v) is 57.0. The number of likely N-dealkylation sites (N-methyl/N-ethyl adjacent to an activating group) is 1. The number of hydrogen-bond donors (Lipinski definition) is 2. The van der Waals surface area contributed by atoms with Crippen LogP contribution in [0.25, 0.3) is 0 Å². The summed E-state index contributed by atoms with van der Waals surface area (Å²) in [5.74, 6) is -0.509. The fraction of sp³-hybridized carbons (Fsp3) is 0.811. The number of carbonyl (C=O) groups is 2. The second-order valence-corrected chi connectivity index (χ2v) is 26.9. The van der Waals surface area contributed by atoms with Crippen LogP contribution in [0.15, 0.2) is 72.9 Å². The van der Waals surface area contributed by atoms with Gasteiger partial charge in [0.25, 0.3) is 0 Å². The molecule has 0 aromatic heterocycles. The third kappa shape index (κ3) is 63.9. The van der Waals surface area contributed by atoms with Gasteiger partial charge < -0.3 is 19.4 Å². The molecule has 0 heterocycles. The number of nitrogens with zero attached hydrogens (tertiary/aromatic N) is 1. The third-order valence-corrected chi connectivity index (χ3v) is 16.9. The number of hydrogen-bond acceptors (Lipinski definition) is 6. The minimum atomic E-state index is -4.46. The Bertz CT molecular complexity index is 1670. The molecule has 0 aliphatic rings. The summed E-state index contributed by atoms with van der Waals surface area (Å²) in [6, 6.07) is -0.857. The number of amides is 1. The van der Waals surface area contributed by atoms with Crippen LogP contribution in [0.1, 0.15) is 335 Å². The number of phosphoric ester groups is 1. The van der Waals surface area contributed by atoms with Gasteiger partial charge in [-0.05, 0) is 102 Å². The molecule has 1 amide bonds. The first-order valence-electron chi connectivity index (χ1n) is 35.8. The number of carbonyl (C=O) groups excluding carboxylic acids is 2. The van der Waals surface area contributed by atoms with Crippen molar-refractivity contribution in [3.8, 4) is 0 Å². The van der Waals surface area contributed by atoms with Gasteiger partial charge in [0, 0.05) is 12.8 Å². The maximum Gasteiger partial charge on any atom is 0.472 e. The van der Waals surface area contributed by atoms with Gasteiger partial charge in [-0.1, -0.05) is 293 Å². The van der Waals surface area contributed by atoms with E-state index in [-0.39, 0.29) is 31.5 Å². The van der Waals surface area contributed by atoms with Crippen molar-refractivity contribution in [3.63, 3.8) is 0 Å². The van der Waals surface area contributed by atoms with Crippen molar-refractivity contribution in [1.82, 2.24) is 5.32 Å². The molecule has 84 heavy (non-hydrogen) atoms. The van der Waals surface area contributed by atoms with Crippen molar-refractivity contribution in [3.05, 3.63) is 72.9 Å². The van der Waals surface area contributed by atoms with E-state index in [0.717, 1.165) is 89.9 Å². The highest BCUT2D eigenvalue weighted by molar-refractivity contribution is 7.47. The van der Waals surface area contributed by atoms with E-state index in [4.69, 9.17) is 13.8 Å². The maximum absolute atomic E-state index is 13.6. The van der Waals surface area contributed by atoms with Crippen LogP contribution in [0.3, 0.4) is 0 Å². The van der Waals surface area contributed by atoms with Crippen molar-refractivity contribution < 1.29 is 37.3 Å². The summed E-state index contributed by atoms with van der Waals surface area (Å²) in [6.45, 7) is 6.98. The van der Waals surface area contributed by atoms with Crippen molar-refractivity contribution in [2.75, 3.05) is 40.9 Å². The molecule has 3 atom stereocenters. The molecular weight excluding hydrogens is 1060 g/mol. The summed E-state index contributed by atoms with van der Waals surface area (Å²) >= 11 is 0. The van der Waals surface area contributed by atoms with E-state index in [1.807, 2.05) is 33.3 Å². The molecule has 0 fully saturated rings. The van der Waals surface area contributed by atoms with E-state index in [9.17, 15) is 19.0 Å². The molecular formula is C74H138N2O7P+. The Hall–Kier alpha value is -2.55. The van der Waals surface area contributed by atoms with Crippen molar-refractivity contribution in [1.29, 1.82) is 0 Å². The minimum absolute atomic E-state index is 0.0366. The van der Waals surface area contributed by atoms with E-state index in [1.54, 1.807) is 0 Å². The quantitative estimate of drug-likeness (QED) is 0.0205. The summed E-state index contributed by atoms with van der Waals surface area (Å²) in [4.78, 5) is 37.9. The van der Waals surface area contributed by atoms with Crippen LogP contribution >= 0.6 is 7.82 Å². The zero-order valence-electron chi connectivity index (χ0n) is 56.1. The number of allylic oxidation sites excluding steroid dienone is 11. The van der Waals surface area contributed by atoms with E-state index in [0.29, 0.717) is 17.4 Å². The van der Waals surface area contributed by atoms with E-state index in [2.05, 4.69) is 86.8 Å². The highest BCUT2D eigenvalue weighted by Crippen LogP contribution is 2.43. The van der Waals surface area contributed by atoms with E-state index in [1.165, 1.54) is 212 Å². The van der Waals surface area contributed by atoms with Gasteiger partial charge in [0.2, 0.25) is 5.91 Å². The number of phosphoric acid groups is 1. The van der Waals surface area contributed by atoms with Gasteiger partial charge >= 0.3 is 13.8 Å². The molecule has 0 bridgehead atoms. The van der Waals surface area contributed by atoms with Crippen molar-refractivity contribution >= 4 is 19.7 Å². The molecule has 9 nitrogen and oxygen atoms in total. The predicted octanol–water partition coefficient (Wildman–Crippen LogP) is 22.7. The lowest BCUT2D eigenvalue weighted by Crippen LogP contribution is -2.47. The van der Waals surface area contributed by atoms with Crippen LogP contribution in [-0.4, -0.2) is 74.3 Å². The molecule has 0 aliphatic carbocycles. The molecule has 0 saturated heterocycles. The molecule has 0 aromatic carbocycles. The second-order valence-electron chi connectivity index (χ2n) is 25.4. The SMILES string of the molecule is CCCCC/C=C\C/C=C\C/C=C\CCCCCCCCC(=O)NC(COP(=O)(O)OCC[N+](C)(C)C)C(/C=C\CCCCCCCCCCCC)OC(=O)CCCCCCCCCCCCCCCCCCC/C=C\C/C=C\CCCCC. The molecule has 0 spiro atoms. The Morgan fingerprint density at radius 1 is 0.417 bits per heavy atom. The minimum Gasteiger partial charge on any atom is -0.456 e. The smallest absolute Gasteiger partial charge is 0.456 e. The van der Waals surface area contributed by atoms with Crippen LogP contribution in [0, 0.1) is 0 Å². The lowest BCUT2D eigenvalue weighted by atomic mass is 10.0. The monoisotopic (exact) mass is 1200 g/mol. The average molecular weight is 1200 g/mol. The van der Waals surface area contributed by atoms with Gasteiger partial charge in [0.1, 0.15) is 19.3 Å². The van der Waals surface area contributed by atoms with Crippen LogP contribution in [0.4, 0.5) is 0 Å². The molecule has 0 aromatic rings. The van der Waals surface area contributed by atoms with E-state index >= 15 is 0 Å². The standard InChI is InChI=1S/C74H137N2O7P/c1-7-10-13-16-19-22-25-28-30-32-34-35-36-37-38-39-40-41-43-45-47-49-52-55-58-61-64-67-74(78)83-72(65-62-59-56-53-50-27-24-21-18-15-12-9-3)71(70-82-84(79,80)81-69-68-76(4,5)6)75-73(77)66-63-60-57-54-51-48-46-44-42-33-31-29-26-23-20-17-14-11-8-2/h19-20,22-23,28-31,42,44,62,65,71-72H,7-18,21,24-27,32-41,43,45-61,63-64,66-70H2,1-6H3,(H-,75,77,79,80)/p+1/b22-19-,23-20-,30-28-,31-29-,44-42-,65-62-. The van der Waals surface area contributed by atoms with Gasteiger partial charge in [0.15, 0.2) is 0 Å². The van der Waals surface area contributed by atoms with Gasteiger partial charge in [-0.2, -0.15) is 0 Å². The number of ether oxygens (including phenoxy) is 1. The number of esters is 1. The molecule has 2 N–H and O–H groups in total. The van der Waals surface area contributed by atoms with Gasteiger partial charge in [-0.3, -0.25) is 18.6 Å². The maximum atomic E-state index is 13.6. The van der Waals surface area contributed by atoms with Gasteiger partial charge in [0.05, 0.1) is 33.8 Å². The Labute approximate surface area is 521 Å². The van der Waals surface area contributed by atoms with Crippen molar-refractivity contribution in [2.45, 2.75) is 348 Å². The summed E-state index contributed by atoms with van der Waals surface area (Å²) in [5, 5.41) is 3.06. The molecule has 10 heteroatoms. The van der Waals surface area contributed by atoms with Crippen LogP contribution < -0.4 is 5.32 Å². The highest BCUT2D eigenvalue weighted by atomic mass is 31.2. The number of unbranched alkanes of at least 4 members (excludes halogenated alkanes) is 39. The molecule has 0 saturated carbocycles.